The SMILES string of the molecule is CCCCOCCOCCOCCO.CCCOC(C)COC(C)CO.OCC(O)CO.OCCOCCOCCO. The van der Waals surface area contributed by atoms with Gasteiger partial charge in [-0.15, -0.1) is 0 Å². The molecule has 0 heterocycles. The van der Waals surface area contributed by atoms with Crippen LogP contribution in [0.25, 0.3) is 0 Å². The van der Waals surface area contributed by atoms with Gasteiger partial charge in [0.25, 0.3) is 0 Å². The van der Waals surface area contributed by atoms with Crippen LogP contribution in [0.2, 0.25) is 0 Å². The molecule has 0 aliphatic heterocycles. The van der Waals surface area contributed by atoms with Gasteiger partial charge in [0.05, 0.1) is 118 Å². The molecule has 0 saturated carbocycles. The molecule has 2 unspecified atom stereocenters. The number of unbranched alkanes of at least 4 members (excludes halogenated alkanes) is 1. The first-order chi connectivity index (χ1) is 20.3. The number of aliphatic hydroxyl groups is 7. The van der Waals surface area contributed by atoms with Gasteiger partial charge in [0, 0.05) is 13.2 Å². The van der Waals surface area contributed by atoms with Crippen LogP contribution in [-0.4, -0.2) is 173 Å². The molecule has 14 heteroatoms. The summed E-state index contributed by atoms with van der Waals surface area (Å²) in [4.78, 5) is 0. The summed E-state index contributed by atoms with van der Waals surface area (Å²) in [5.74, 6) is 0. The van der Waals surface area contributed by atoms with E-state index in [1.807, 2.05) is 13.8 Å². The summed E-state index contributed by atoms with van der Waals surface area (Å²) >= 11 is 0. The fraction of sp³-hybridized carbons (Fsp3) is 1.00. The average molecular weight is 625 g/mol. The maximum absolute atomic E-state index is 8.66. The summed E-state index contributed by atoms with van der Waals surface area (Å²) in [7, 11) is 0. The van der Waals surface area contributed by atoms with E-state index >= 15 is 0 Å². The van der Waals surface area contributed by atoms with Gasteiger partial charge in [0.15, 0.2) is 0 Å². The maximum Gasteiger partial charge on any atom is 0.100 e. The van der Waals surface area contributed by atoms with Gasteiger partial charge in [-0.2, -0.15) is 0 Å². The number of hydrogen-bond acceptors (Lipinski definition) is 14. The highest BCUT2D eigenvalue weighted by Crippen LogP contribution is 1.96. The van der Waals surface area contributed by atoms with Gasteiger partial charge in [-0.3, -0.25) is 0 Å². The second-order valence-electron chi connectivity index (χ2n) is 8.61. The summed E-state index contributed by atoms with van der Waals surface area (Å²) in [6, 6.07) is 0. The van der Waals surface area contributed by atoms with E-state index < -0.39 is 6.10 Å². The normalized spacial score (nSPS) is 12.0. The van der Waals surface area contributed by atoms with Crippen molar-refractivity contribution in [2.75, 3.05) is 119 Å². The molecule has 0 radical (unpaired) electrons. The van der Waals surface area contributed by atoms with E-state index in [1.54, 1.807) is 0 Å². The molecule has 42 heavy (non-hydrogen) atoms. The molecule has 0 aromatic carbocycles. The highest BCUT2D eigenvalue weighted by molar-refractivity contribution is 4.51. The van der Waals surface area contributed by atoms with Crippen molar-refractivity contribution in [3.05, 3.63) is 0 Å². The maximum atomic E-state index is 8.66. The van der Waals surface area contributed by atoms with Gasteiger partial charge in [-0.05, 0) is 26.7 Å². The molecule has 0 fully saturated rings. The molecule has 0 aliphatic rings. The van der Waals surface area contributed by atoms with Crippen LogP contribution in [0.5, 0.6) is 0 Å². The van der Waals surface area contributed by atoms with Crippen molar-refractivity contribution in [3.63, 3.8) is 0 Å². The lowest BCUT2D eigenvalue weighted by atomic mass is 10.4. The van der Waals surface area contributed by atoms with Crippen molar-refractivity contribution in [1.29, 1.82) is 0 Å². The van der Waals surface area contributed by atoms with Crippen LogP contribution < -0.4 is 0 Å². The summed E-state index contributed by atoms with van der Waals surface area (Å²) in [5, 5.41) is 57.6. The molecular formula is C28H64O14. The number of ether oxygens (including phenoxy) is 7. The fourth-order valence-corrected chi connectivity index (χ4v) is 2.08. The lowest BCUT2D eigenvalue weighted by Gasteiger charge is -2.15. The summed E-state index contributed by atoms with van der Waals surface area (Å²) in [5.41, 5.74) is 0. The quantitative estimate of drug-likeness (QED) is 0.0568. The Bertz CT molecular complexity index is 400. The summed E-state index contributed by atoms with van der Waals surface area (Å²) in [6.07, 6.45) is 2.39. The van der Waals surface area contributed by atoms with Crippen molar-refractivity contribution in [2.24, 2.45) is 0 Å². The monoisotopic (exact) mass is 624 g/mol. The number of hydrogen-bond donors (Lipinski definition) is 7. The largest absolute Gasteiger partial charge is 0.394 e. The Labute approximate surface area is 253 Å². The standard InChI is InChI=1S/C10H22O4.C9H20O3.C6H14O4.C3H8O3/c1-2-3-5-12-7-9-14-10-8-13-6-4-11;1-4-5-11-9(3)7-12-8(2)6-10;7-1-3-9-5-6-10-4-2-8;4-1-3(6)2-5/h11H,2-10H2,1H3;8-10H,4-7H2,1-3H3;7-8H,1-6H2;3-6H,1-2H2. The van der Waals surface area contributed by atoms with Crippen LogP contribution in [0.1, 0.15) is 47.0 Å². The average Bonchev–Trinajstić information content (AvgIpc) is 3.02. The van der Waals surface area contributed by atoms with E-state index in [4.69, 9.17) is 68.9 Å². The summed E-state index contributed by atoms with van der Waals surface area (Å²) in [6.45, 7) is 14.1. The predicted octanol–water partition coefficient (Wildman–Crippen LogP) is -0.636. The van der Waals surface area contributed by atoms with Crippen LogP contribution >= 0.6 is 0 Å². The first kappa shape index (κ1) is 48.3. The van der Waals surface area contributed by atoms with Crippen molar-refractivity contribution in [3.8, 4) is 0 Å². The zero-order chi connectivity index (χ0) is 32.5. The number of aliphatic hydroxyl groups excluding tert-OH is 7. The molecule has 0 saturated heterocycles. The molecule has 14 nitrogen and oxygen atoms in total. The minimum atomic E-state index is -0.954. The van der Waals surface area contributed by atoms with Crippen LogP contribution in [0, 0.1) is 0 Å². The molecule has 260 valence electrons. The van der Waals surface area contributed by atoms with E-state index in [0.29, 0.717) is 66.1 Å². The predicted molar refractivity (Wildman–Crippen MR) is 159 cm³/mol. The Morgan fingerprint density at radius 1 is 0.452 bits per heavy atom. The molecule has 0 spiro atoms. The Balaban J connectivity index is -0.000000238. The highest BCUT2D eigenvalue weighted by Gasteiger charge is 2.05. The summed E-state index contributed by atoms with van der Waals surface area (Å²) < 4.78 is 35.9. The minimum Gasteiger partial charge on any atom is -0.394 e. The van der Waals surface area contributed by atoms with Crippen molar-refractivity contribution in [1.82, 2.24) is 0 Å². The van der Waals surface area contributed by atoms with E-state index in [2.05, 4.69) is 13.8 Å². The lowest BCUT2D eigenvalue weighted by molar-refractivity contribution is -0.0451. The lowest BCUT2D eigenvalue weighted by Crippen LogP contribution is -2.22. The first-order valence-corrected chi connectivity index (χ1v) is 14.8. The van der Waals surface area contributed by atoms with Crippen LogP contribution in [0.3, 0.4) is 0 Å². The molecular weight excluding hydrogens is 560 g/mol. The van der Waals surface area contributed by atoms with Crippen molar-refractivity contribution < 1.29 is 68.9 Å². The van der Waals surface area contributed by atoms with Gasteiger partial charge in [0.2, 0.25) is 0 Å². The van der Waals surface area contributed by atoms with Gasteiger partial charge >= 0.3 is 0 Å². The van der Waals surface area contributed by atoms with E-state index in [1.165, 1.54) is 0 Å². The second kappa shape index (κ2) is 47.4. The smallest absolute Gasteiger partial charge is 0.100 e. The Morgan fingerprint density at radius 2 is 0.857 bits per heavy atom. The first-order valence-electron chi connectivity index (χ1n) is 14.8. The third-order valence-corrected chi connectivity index (χ3v) is 4.37. The Kier molecular flexibility index (Phi) is 54.5. The van der Waals surface area contributed by atoms with Gasteiger partial charge in [-0.25, -0.2) is 0 Å². The Morgan fingerprint density at radius 3 is 1.17 bits per heavy atom. The molecule has 0 aromatic rings. The van der Waals surface area contributed by atoms with E-state index in [-0.39, 0.29) is 51.8 Å². The molecule has 0 bridgehead atoms. The van der Waals surface area contributed by atoms with Crippen LogP contribution in [0.4, 0.5) is 0 Å². The zero-order valence-electron chi connectivity index (χ0n) is 26.6. The second-order valence-corrected chi connectivity index (χ2v) is 8.61. The van der Waals surface area contributed by atoms with Gasteiger partial charge < -0.3 is 68.9 Å². The molecule has 0 aliphatic carbocycles. The topological polar surface area (TPSA) is 206 Å². The molecule has 0 rings (SSSR count). The molecule has 0 aromatic heterocycles. The fourth-order valence-electron chi connectivity index (χ4n) is 2.08. The van der Waals surface area contributed by atoms with Crippen molar-refractivity contribution in [2.45, 2.75) is 65.3 Å². The van der Waals surface area contributed by atoms with Crippen molar-refractivity contribution >= 4 is 0 Å². The van der Waals surface area contributed by atoms with Gasteiger partial charge in [0.1, 0.15) is 6.10 Å². The Hall–Kier alpha value is -0.560. The third kappa shape index (κ3) is 55.4. The molecule has 7 N–H and O–H groups in total. The highest BCUT2D eigenvalue weighted by atomic mass is 16.6. The van der Waals surface area contributed by atoms with Crippen LogP contribution in [0.15, 0.2) is 0 Å². The van der Waals surface area contributed by atoms with Gasteiger partial charge in [-0.1, -0.05) is 20.3 Å². The number of rotatable bonds is 27. The minimum absolute atomic E-state index is 0.0417. The van der Waals surface area contributed by atoms with E-state index in [9.17, 15) is 0 Å². The van der Waals surface area contributed by atoms with Crippen LogP contribution in [-0.2, 0) is 33.2 Å². The zero-order valence-corrected chi connectivity index (χ0v) is 26.6. The third-order valence-electron chi connectivity index (χ3n) is 4.37. The molecule has 0 amide bonds. The van der Waals surface area contributed by atoms with E-state index in [0.717, 1.165) is 32.5 Å². The molecule has 2 atom stereocenters.